The van der Waals surface area contributed by atoms with Crippen molar-refractivity contribution in [3.8, 4) is 0 Å². The number of fused-ring (bicyclic) bond motifs is 5. The highest BCUT2D eigenvalue weighted by Crippen LogP contribution is 2.69. The van der Waals surface area contributed by atoms with Gasteiger partial charge in [-0.3, -0.25) is 0 Å². The second-order valence-electron chi connectivity index (χ2n) is 11.6. The highest BCUT2D eigenvalue weighted by Gasteiger charge is 2.67. The van der Waals surface area contributed by atoms with Gasteiger partial charge in [-0.25, -0.2) is 4.79 Å². The molecule has 5 N–H and O–H groups in total. The summed E-state index contributed by atoms with van der Waals surface area (Å²) < 4.78 is 0. The van der Waals surface area contributed by atoms with Crippen LogP contribution in [-0.4, -0.2) is 55.4 Å². The van der Waals surface area contributed by atoms with E-state index >= 15 is 0 Å². The second-order valence-corrected chi connectivity index (χ2v) is 11.6. The summed E-state index contributed by atoms with van der Waals surface area (Å²) in [6.45, 7) is 6.36. The van der Waals surface area contributed by atoms with Gasteiger partial charge >= 0.3 is 5.97 Å². The molecule has 0 aromatic carbocycles. The van der Waals surface area contributed by atoms with Crippen molar-refractivity contribution in [2.45, 2.75) is 102 Å². The minimum atomic E-state index is -1.46. The molecule has 0 unspecified atom stereocenters. The zero-order valence-electron chi connectivity index (χ0n) is 18.6. The van der Waals surface area contributed by atoms with E-state index in [1.807, 2.05) is 6.92 Å². The quantitative estimate of drug-likeness (QED) is 0.473. The molecule has 0 aromatic rings. The second kappa shape index (κ2) is 7.43. The first-order chi connectivity index (χ1) is 13.9. The predicted octanol–water partition coefficient (Wildman–Crippen LogP) is 2.56. The zero-order valence-corrected chi connectivity index (χ0v) is 18.6. The number of carboxylic acid groups (broad SMARTS) is 1. The third-order valence-corrected chi connectivity index (χ3v) is 10.5. The van der Waals surface area contributed by atoms with Crippen LogP contribution in [0.1, 0.15) is 78.6 Å². The Morgan fingerprint density at radius 2 is 1.70 bits per heavy atom. The summed E-state index contributed by atoms with van der Waals surface area (Å²) in [6.07, 6.45) is 4.51. The van der Waals surface area contributed by atoms with Gasteiger partial charge in [0, 0.05) is 0 Å². The molecule has 0 amide bonds. The van der Waals surface area contributed by atoms with Crippen LogP contribution in [0.25, 0.3) is 0 Å². The first-order valence-corrected chi connectivity index (χ1v) is 11.9. The van der Waals surface area contributed by atoms with Crippen molar-refractivity contribution >= 4 is 5.97 Å². The Hall–Kier alpha value is -0.690. The number of hydrogen-bond acceptors (Lipinski definition) is 5. The summed E-state index contributed by atoms with van der Waals surface area (Å²) in [5, 5.41) is 52.3. The molecule has 4 saturated carbocycles. The summed E-state index contributed by atoms with van der Waals surface area (Å²) in [7, 11) is 0. The van der Waals surface area contributed by atoms with Gasteiger partial charge in [-0.15, -0.1) is 0 Å². The van der Waals surface area contributed by atoms with E-state index in [0.717, 1.165) is 44.9 Å². The van der Waals surface area contributed by atoms with E-state index in [4.69, 9.17) is 5.11 Å². The molecule has 0 saturated heterocycles. The Balaban J connectivity index is 1.61. The summed E-state index contributed by atoms with van der Waals surface area (Å²) in [4.78, 5) is 11.2. The van der Waals surface area contributed by atoms with Gasteiger partial charge in [0.05, 0.1) is 17.8 Å². The van der Waals surface area contributed by atoms with E-state index in [0.29, 0.717) is 18.3 Å². The Morgan fingerprint density at radius 3 is 2.37 bits per heavy atom. The van der Waals surface area contributed by atoms with Crippen molar-refractivity contribution in [1.29, 1.82) is 0 Å². The van der Waals surface area contributed by atoms with Crippen molar-refractivity contribution in [2.75, 3.05) is 0 Å². The fourth-order valence-electron chi connectivity index (χ4n) is 8.69. The molecule has 0 radical (unpaired) electrons. The van der Waals surface area contributed by atoms with E-state index < -0.39 is 23.8 Å². The van der Waals surface area contributed by atoms with Crippen LogP contribution >= 0.6 is 0 Å². The molecule has 0 heterocycles. The van der Waals surface area contributed by atoms with Gasteiger partial charge in [-0.05, 0) is 98.2 Å². The lowest BCUT2D eigenvalue weighted by Gasteiger charge is -2.63. The molecule has 4 rings (SSSR count). The number of carboxylic acids is 1. The maximum atomic E-state index is 11.8. The van der Waals surface area contributed by atoms with Crippen LogP contribution in [0.15, 0.2) is 0 Å². The van der Waals surface area contributed by atoms with E-state index in [9.17, 15) is 25.2 Å². The van der Waals surface area contributed by atoms with Gasteiger partial charge in [-0.2, -0.15) is 0 Å². The Bertz CT molecular complexity index is 683. The van der Waals surface area contributed by atoms with Crippen molar-refractivity contribution in [2.24, 2.45) is 40.4 Å². The van der Waals surface area contributed by atoms with Crippen molar-refractivity contribution in [3.05, 3.63) is 0 Å². The van der Waals surface area contributed by atoms with Crippen molar-refractivity contribution < 1.29 is 30.3 Å². The van der Waals surface area contributed by atoms with Gasteiger partial charge in [0.25, 0.3) is 0 Å². The number of aliphatic hydroxyl groups excluding tert-OH is 3. The average Bonchev–Trinajstić information content (AvgIpc) is 2.95. The Morgan fingerprint density at radius 1 is 1.03 bits per heavy atom. The number of rotatable bonds is 4. The van der Waals surface area contributed by atoms with Gasteiger partial charge in [0.15, 0.2) is 6.10 Å². The van der Waals surface area contributed by atoms with Crippen LogP contribution in [0.5, 0.6) is 0 Å². The molecule has 11 atom stereocenters. The van der Waals surface area contributed by atoms with E-state index in [1.54, 1.807) is 0 Å². The lowest BCUT2D eigenvalue weighted by molar-refractivity contribution is -0.202. The number of carbonyl (C=O) groups is 1. The van der Waals surface area contributed by atoms with Crippen LogP contribution in [0.3, 0.4) is 0 Å². The molecule has 0 spiro atoms. The first kappa shape index (κ1) is 22.5. The lowest BCUT2D eigenvalue weighted by atomic mass is 9.43. The summed E-state index contributed by atoms with van der Waals surface area (Å²) in [5.41, 5.74) is -1.28. The van der Waals surface area contributed by atoms with Crippen molar-refractivity contribution in [3.63, 3.8) is 0 Å². The van der Waals surface area contributed by atoms with E-state index in [2.05, 4.69) is 13.8 Å². The molecule has 172 valence electrons. The fraction of sp³-hybridized carbons (Fsp3) is 0.958. The number of aliphatic hydroxyl groups is 4. The molecule has 6 heteroatoms. The summed E-state index contributed by atoms with van der Waals surface area (Å²) >= 11 is 0. The largest absolute Gasteiger partial charge is 0.479 e. The Kier molecular flexibility index (Phi) is 5.57. The molecule has 4 aliphatic carbocycles. The van der Waals surface area contributed by atoms with Crippen LogP contribution in [0.2, 0.25) is 0 Å². The fourth-order valence-corrected chi connectivity index (χ4v) is 8.69. The van der Waals surface area contributed by atoms with Gasteiger partial charge in [-0.1, -0.05) is 20.8 Å². The predicted molar refractivity (Wildman–Crippen MR) is 111 cm³/mol. The summed E-state index contributed by atoms with van der Waals surface area (Å²) in [6, 6.07) is 0. The third-order valence-electron chi connectivity index (χ3n) is 10.5. The average molecular weight is 425 g/mol. The minimum absolute atomic E-state index is 0.0441. The smallest absolute Gasteiger partial charge is 0.332 e. The number of aliphatic carboxylic acids is 1. The zero-order chi connectivity index (χ0) is 22.1. The molecule has 4 aliphatic rings. The highest BCUT2D eigenvalue weighted by molar-refractivity contribution is 5.71. The van der Waals surface area contributed by atoms with E-state index in [1.165, 1.54) is 0 Å². The maximum absolute atomic E-state index is 11.8. The minimum Gasteiger partial charge on any atom is -0.479 e. The van der Waals surface area contributed by atoms with Gasteiger partial charge < -0.3 is 25.5 Å². The monoisotopic (exact) mass is 424 g/mol. The molecule has 6 nitrogen and oxygen atoms in total. The molecule has 0 bridgehead atoms. The normalized spacial score (nSPS) is 52.6. The molecule has 4 fully saturated rings. The molecular formula is C24H40O6. The van der Waals surface area contributed by atoms with Crippen LogP contribution < -0.4 is 0 Å². The topological polar surface area (TPSA) is 118 Å². The van der Waals surface area contributed by atoms with E-state index in [-0.39, 0.29) is 41.1 Å². The molecule has 0 aliphatic heterocycles. The Labute approximate surface area is 179 Å². The van der Waals surface area contributed by atoms with Crippen molar-refractivity contribution in [1.82, 2.24) is 0 Å². The lowest BCUT2D eigenvalue weighted by Crippen LogP contribution is -2.61. The SMILES string of the molecule is C[C@H](C[C@@H](O)C(=O)O)[C@@]1(O)CC[C@H]2[C@@H]3[C@H](O)C[C@@H]4C[C@H](O)CC[C@]4(C)[C@H]3CC[C@@]21C. The van der Waals surface area contributed by atoms with Gasteiger partial charge in [0.2, 0.25) is 0 Å². The van der Waals surface area contributed by atoms with Crippen LogP contribution in [0.4, 0.5) is 0 Å². The summed E-state index contributed by atoms with van der Waals surface area (Å²) in [5.74, 6) is -0.471. The maximum Gasteiger partial charge on any atom is 0.332 e. The number of hydrogen-bond donors (Lipinski definition) is 5. The van der Waals surface area contributed by atoms with Gasteiger partial charge in [0.1, 0.15) is 0 Å². The standard InChI is InChI=1S/C24H40O6/c1-13(10-19(27)21(28)29)24(30)9-6-17-20-16(5-8-23(17,24)3)22(2)7-4-15(25)11-14(22)12-18(20)26/h13-20,25-27,30H,4-12H2,1-3H3,(H,28,29)/t13-,14+,15-,16+,17+,18-,19-,20-,22+,23+,24+/m1/s1. The first-order valence-electron chi connectivity index (χ1n) is 11.9. The third kappa shape index (κ3) is 3.08. The molecular weight excluding hydrogens is 384 g/mol. The highest BCUT2D eigenvalue weighted by atomic mass is 16.4. The van der Waals surface area contributed by atoms with Crippen LogP contribution in [-0.2, 0) is 4.79 Å². The molecule has 30 heavy (non-hydrogen) atoms. The molecule has 0 aromatic heterocycles. The van der Waals surface area contributed by atoms with Crippen LogP contribution in [0, 0.1) is 40.4 Å².